The molecule has 0 aromatic rings. The standard InChI is InChI=1S/C13H22N2O2/c1-3-5-7-13(16)15(8-6-4-2)14-9-11-17-12-10-14/h3-4H,1-2,5-12H2. The molecule has 1 rings (SSSR count). The molecule has 1 fully saturated rings. The summed E-state index contributed by atoms with van der Waals surface area (Å²) in [5.74, 6) is 0.161. The van der Waals surface area contributed by atoms with Crippen LogP contribution in [-0.2, 0) is 9.53 Å². The van der Waals surface area contributed by atoms with Gasteiger partial charge in [-0.3, -0.25) is 9.80 Å². The number of amides is 1. The summed E-state index contributed by atoms with van der Waals surface area (Å²) in [5.41, 5.74) is 0. The highest BCUT2D eigenvalue weighted by Crippen LogP contribution is 2.08. The predicted molar refractivity (Wildman–Crippen MR) is 68.4 cm³/mol. The maximum absolute atomic E-state index is 12.1. The van der Waals surface area contributed by atoms with Crippen molar-refractivity contribution in [2.24, 2.45) is 0 Å². The number of allylic oxidation sites excluding steroid dienone is 1. The molecule has 1 saturated heterocycles. The lowest BCUT2D eigenvalue weighted by atomic mass is 10.2. The van der Waals surface area contributed by atoms with Crippen LogP contribution in [0.1, 0.15) is 19.3 Å². The SMILES string of the molecule is C=CCCC(=O)N(CCC=C)N1CCOCC1. The van der Waals surface area contributed by atoms with E-state index in [1.807, 2.05) is 11.1 Å². The molecule has 0 N–H and O–H groups in total. The molecule has 0 aromatic heterocycles. The van der Waals surface area contributed by atoms with Gasteiger partial charge in [0, 0.05) is 26.1 Å². The highest BCUT2D eigenvalue weighted by Gasteiger charge is 2.21. The summed E-state index contributed by atoms with van der Waals surface area (Å²) in [6.07, 6.45) is 5.69. The molecular formula is C13H22N2O2. The molecule has 0 spiro atoms. The van der Waals surface area contributed by atoms with E-state index in [9.17, 15) is 4.79 Å². The van der Waals surface area contributed by atoms with E-state index in [1.165, 1.54) is 0 Å². The second-order valence-corrected chi connectivity index (χ2v) is 3.99. The van der Waals surface area contributed by atoms with Crippen molar-refractivity contribution in [3.8, 4) is 0 Å². The Morgan fingerprint density at radius 1 is 1.24 bits per heavy atom. The average molecular weight is 238 g/mol. The van der Waals surface area contributed by atoms with Gasteiger partial charge in [-0.2, -0.15) is 0 Å². The van der Waals surface area contributed by atoms with E-state index < -0.39 is 0 Å². The molecule has 96 valence electrons. The van der Waals surface area contributed by atoms with Gasteiger partial charge < -0.3 is 4.74 Å². The van der Waals surface area contributed by atoms with Crippen molar-refractivity contribution >= 4 is 5.91 Å². The topological polar surface area (TPSA) is 32.8 Å². The number of hydrazine groups is 1. The number of hydrogen-bond acceptors (Lipinski definition) is 3. The maximum Gasteiger partial charge on any atom is 0.237 e. The van der Waals surface area contributed by atoms with Crippen LogP contribution in [0.15, 0.2) is 25.3 Å². The minimum atomic E-state index is 0.161. The van der Waals surface area contributed by atoms with E-state index in [2.05, 4.69) is 18.2 Å². The van der Waals surface area contributed by atoms with Crippen molar-refractivity contribution in [3.05, 3.63) is 25.3 Å². The molecule has 0 radical (unpaired) electrons. The Morgan fingerprint density at radius 3 is 2.47 bits per heavy atom. The second-order valence-electron chi connectivity index (χ2n) is 3.99. The molecule has 1 aliphatic heterocycles. The summed E-state index contributed by atoms with van der Waals surface area (Å²) in [6, 6.07) is 0. The van der Waals surface area contributed by atoms with Crippen LogP contribution >= 0.6 is 0 Å². The zero-order valence-corrected chi connectivity index (χ0v) is 10.4. The third kappa shape index (κ3) is 4.71. The molecule has 0 aromatic carbocycles. The summed E-state index contributed by atoms with van der Waals surface area (Å²) in [4.78, 5) is 12.1. The van der Waals surface area contributed by atoms with Crippen molar-refractivity contribution in [1.82, 2.24) is 10.0 Å². The van der Waals surface area contributed by atoms with Crippen LogP contribution in [0.25, 0.3) is 0 Å². The molecule has 17 heavy (non-hydrogen) atoms. The van der Waals surface area contributed by atoms with E-state index in [4.69, 9.17) is 4.74 Å². The van der Waals surface area contributed by atoms with Crippen molar-refractivity contribution < 1.29 is 9.53 Å². The molecule has 4 heteroatoms. The van der Waals surface area contributed by atoms with E-state index in [0.717, 1.165) is 25.9 Å². The Bertz CT molecular complexity index is 260. The lowest BCUT2D eigenvalue weighted by Gasteiger charge is -2.37. The van der Waals surface area contributed by atoms with E-state index >= 15 is 0 Å². The first-order chi connectivity index (χ1) is 8.29. The minimum Gasteiger partial charge on any atom is -0.379 e. The summed E-state index contributed by atoms with van der Waals surface area (Å²) < 4.78 is 5.30. The third-order valence-electron chi connectivity index (χ3n) is 2.72. The van der Waals surface area contributed by atoms with Gasteiger partial charge in [0.2, 0.25) is 5.91 Å². The fourth-order valence-electron chi connectivity index (χ4n) is 1.79. The first kappa shape index (κ1) is 13.9. The summed E-state index contributed by atoms with van der Waals surface area (Å²) in [7, 11) is 0. The van der Waals surface area contributed by atoms with E-state index in [1.54, 1.807) is 6.08 Å². The number of hydrogen-bond donors (Lipinski definition) is 0. The van der Waals surface area contributed by atoms with Gasteiger partial charge in [0.15, 0.2) is 0 Å². The van der Waals surface area contributed by atoms with Gasteiger partial charge in [-0.05, 0) is 12.8 Å². The fraction of sp³-hybridized carbons (Fsp3) is 0.615. The van der Waals surface area contributed by atoms with E-state index in [0.29, 0.717) is 26.2 Å². The molecule has 0 unspecified atom stereocenters. The van der Waals surface area contributed by atoms with Crippen molar-refractivity contribution in [3.63, 3.8) is 0 Å². The van der Waals surface area contributed by atoms with Crippen molar-refractivity contribution in [2.75, 3.05) is 32.8 Å². The van der Waals surface area contributed by atoms with Crippen LogP contribution in [-0.4, -0.2) is 48.8 Å². The van der Waals surface area contributed by atoms with Gasteiger partial charge in [0.1, 0.15) is 0 Å². The number of carbonyl (C=O) groups excluding carboxylic acids is 1. The number of carbonyl (C=O) groups is 1. The van der Waals surface area contributed by atoms with Crippen LogP contribution in [0.3, 0.4) is 0 Å². The Balaban J connectivity index is 2.53. The lowest BCUT2D eigenvalue weighted by molar-refractivity contribution is -0.156. The molecule has 1 aliphatic rings. The minimum absolute atomic E-state index is 0.161. The number of rotatable bonds is 7. The van der Waals surface area contributed by atoms with Crippen LogP contribution < -0.4 is 0 Å². The van der Waals surface area contributed by atoms with Gasteiger partial charge >= 0.3 is 0 Å². The van der Waals surface area contributed by atoms with E-state index in [-0.39, 0.29) is 5.91 Å². The molecule has 1 amide bonds. The normalized spacial score (nSPS) is 16.5. The average Bonchev–Trinajstić information content (AvgIpc) is 2.38. The van der Waals surface area contributed by atoms with Crippen LogP contribution in [0, 0.1) is 0 Å². The first-order valence-corrected chi connectivity index (χ1v) is 6.14. The number of nitrogens with zero attached hydrogens (tertiary/aromatic N) is 2. The Hall–Kier alpha value is -1.13. The van der Waals surface area contributed by atoms with Gasteiger partial charge in [0.05, 0.1) is 13.2 Å². The Kier molecular flexibility index (Phi) is 6.58. The zero-order chi connectivity index (χ0) is 12.5. The summed E-state index contributed by atoms with van der Waals surface area (Å²) >= 11 is 0. The molecule has 0 aliphatic carbocycles. The highest BCUT2D eigenvalue weighted by atomic mass is 16.5. The Labute approximate surface area is 103 Å². The molecule has 0 saturated carbocycles. The molecule has 1 heterocycles. The molecule has 4 nitrogen and oxygen atoms in total. The summed E-state index contributed by atoms with van der Waals surface area (Å²) in [6.45, 7) is 11.0. The number of ether oxygens (including phenoxy) is 1. The zero-order valence-electron chi connectivity index (χ0n) is 10.4. The molecular weight excluding hydrogens is 216 g/mol. The molecule has 0 bridgehead atoms. The summed E-state index contributed by atoms with van der Waals surface area (Å²) in [5, 5.41) is 3.92. The van der Waals surface area contributed by atoms with Crippen LogP contribution in [0.4, 0.5) is 0 Å². The largest absolute Gasteiger partial charge is 0.379 e. The third-order valence-corrected chi connectivity index (χ3v) is 2.72. The maximum atomic E-state index is 12.1. The predicted octanol–water partition coefficient (Wildman–Crippen LogP) is 1.60. The van der Waals surface area contributed by atoms with Gasteiger partial charge in [-0.25, -0.2) is 5.01 Å². The first-order valence-electron chi connectivity index (χ1n) is 6.14. The highest BCUT2D eigenvalue weighted by molar-refractivity contribution is 5.75. The van der Waals surface area contributed by atoms with Gasteiger partial charge in [-0.1, -0.05) is 12.2 Å². The van der Waals surface area contributed by atoms with Crippen molar-refractivity contribution in [1.29, 1.82) is 0 Å². The Morgan fingerprint density at radius 2 is 1.88 bits per heavy atom. The monoisotopic (exact) mass is 238 g/mol. The quantitative estimate of drug-likeness (QED) is 0.632. The second kappa shape index (κ2) is 8.03. The molecule has 0 atom stereocenters. The van der Waals surface area contributed by atoms with Crippen LogP contribution in [0.5, 0.6) is 0 Å². The van der Waals surface area contributed by atoms with Gasteiger partial charge in [0.25, 0.3) is 0 Å². The fourth-order valence-corrected chi connectivity index (χ4v) is 1.79. The van der Waals surface area contributed by atoms with Crippen molar-refractivity contribution in [2.45, 2.75) is 19.3 Å². The van der Waals surface area contributed by atoms with Gasteiger partial charge in [-0.15, -0.1) is 13.2 Å². The van der Waals surface area contributed by atoms with Crippen LogP contribution in [0.2, 0.25) is 0 Å². The lowest BCUT2D eigenvalue weighted by Crippen LogP contribution is -2.51. The number of morpholine rings is 1. The smallest absolute Gasteiger partial charge is 0.237 e.